The molecule has 0 bridgehead atoms. The molecule has 1 heterocycles. The summed E-state index contributed by atoms with van der Waals surface area (Å²) in [5.74, 6) is 0.243. The topological polar surface area (TPSA) is 93.2 Å². The quantitative estimate of drug-likeness (QED) is 0.686. The highest BCUT2D eigenvalue weighted by molar-refractivity contribution is 7.92. The van der Waals surface area contributed by atoms with Gasteiger partial charge in [-0.2, -0.15) is 0 Å². The molecule has 0 aliphatic heterocycles. The Kier molecular flexibility index (Phi) is 7.13. The zero-order chi connectivity index (χ0) is 20.1. The fourth-order valence-corrected chi connectivity index (χ4v) is 5.58. The van der Waals surface area contributed by atoms with E-state index in [0.29, 0.717) is 12.0 Å². The van der Waals surface area contributed by atoms with E-state index in [1.165, 1.54) is 6.20 Å². The van der Waals surface area contributed by atoms with Crippen molar-refractivity contribution < 1.29 is 16.8 Å². The van der Waals surface area contributed by atoms with Gasteiger partial charge in [-0.1, -0.05) is 39.0 Å². The molecule has 0 saturated carbocycles. The maximum Gasteiger partial charge on any atom is 0.211 e. The largest absolute Gasteiger partial charge is 0.264 e. The van der Waals surface area contributed by atoms with E-state index >= 15 is 0 Å². The monoisotopic (exact) mass is 410 g/mol. The van der Waals surface area contributed by atoms with E-state index in [4.69, 9.17) is 0 Å². The third kappa shape index (κ3) is 5.60. The van der Waals surface area contributed by atoms with Crippen molar-refractivity contribution in [3.05, 3.63) is 59.9 Å². The van der Waals surface area contributed by atoms with Gasteiger partial charge in [0.25, 0.3) is 0 Å². The molecule has 1 aromatic heterocycles. The van der Waals surface area contributed by atoms with Gasteiger partial charge in [0.2, 0.25) is 10.0 Å². The third-order valence-corrected chi connectivity index (χ3v) is 7.94. The van der Waals surface area contributed by atoms with Crippen molar-refractivity contribution in [1.82, 2.24) is 9.71 Å². The SMILES string of the molecule is CCCS(=O)(=O)NC[C@H](c1cccnc1)S(=O)(=O)c1ccc(C(C)C)cc1. The lowest BCUT2D eigenvalue weighted by Gasteiger charge is -2.19. The minimum atomic E-state index is -3.80. The lowest BCUT2D eigenvalue weighted by Crippen LogP contribution is -2.33. The summed E-state index contributed by atoms with van der Waals surface area (Å²) in [5, 5.41) is -1.05. The number of hydrogen-bond donors (Lipinski definition) is 1. The number of benzene rings is 1. The molecule has 0 radical (unpaired) electrons. The minimum absolute atomic E-state index is 0.0457. The first kappa shape index (κ1) is 21.5. The van der Waals surface area contributed by atoms with Crippen molar-refractivity contribution in [2.24, 2.45) is 0 Å². The summed E-state index contributed by atoms with van der Waals surface area (Å²) in [6.07, 6.45) is 3.46. The van der Waals surface area contributed by atoms with Crippen LogP contribution < -0.4 is 4.72 Å². The Morgan fingerprint density at radius 2 is 1.67 bits per heavy atom. The highest BCUT2D eigenvalue weighted by Gasteiger charge is 2.30. The van der Waals surface area contributed by atoms with Crippen LogP contribution in [0.4, 0.5) is 0 Å². The molecule has 8 heteroatoms. The van der Waals surface area contributed by atoms with Gasteiger partial charge in [0, 0.05) is 18.9 Å². The van der Waals surface area contributed by atoms with Gasteiger partial charge in [0.1, 0.15) is 5.25 Å². The van der Waals surface area contributed by atoms with Crippen LogP contribution in [-0.2, 0) is 19.9 Å². The summed E-state index contributed by atoms with van der Waals surface area (Å²) in [7, 11) is -7.33. The van der Waals surface area contributed by atoms with E-state index < -0.39 is 25.1 Å². The van der Waals surface area contributed by atoms with Crippen LogP contribution in [0.5, 0.6) is 0 Å². The lowest BCUT2D eigenvalue weighted by atomic mass is 10.0. The molecule has 0 unspecified atom stereocenters. The van der Waals surface area contributed by atoms with Crippen molar-refractivity contribution in [3.63, 3.8) is 0 Å². The number of rotatable bonds is 9. The Hall–Kier alpha value is -1.77. The molecule has 27 heavy (non-hydrogen) atoms. The molecule has 148 valence electrons. The van der Waals surface area contributed by atoms with Gasteiger partial charge < -0.3 is 0 Å². The highest BCUT2D eigenvalue weighted by atomic mass is 32.2. The van der Waals surface area contributed by atoms with Gasteiger partial charge in [-0.15, -0.1) is 0 Å². The van der Waals surface area contributed by atoms with Crippen molar-refractivity contribution in [2.75, 3.05) is 12.3 Å². The molecule has 0 aliphatic rings. The van der Waals surface area contributed by atoms with Crippen LogP contribution in [-0.4, -0.2) is 34.1 Å². The predicted octanol–water partition coefficient (Wildman–Crippen LogP) is 3.05. The van der Waals surface area contributed by atoms with E-state index in [-0.39, 0.29) is 23.1 Å². The van der Waals surface area contributed by atoms with Gasteiger partial charge in [-0.3, -0.25) is 4.98 Å². The van der Waals surface area contributed by atoms with Gasteiger partial charge in [-0.05, 0) is 41.7 Å². The van der Waals surface area contributed by atoms with Gasteiger partial charge in [0.05, 0.1) is 10.6 Å². The zero-order valence-electron chi connectivity index (χ0n) is 15.8. The van der Waals surface area contributed by atoms with Crippen molar-refractivity contribution >= 4 is 19.9 Å². The maximum absolute atomic E-state index is 13.2. The van der Waals surface area contributed by atoms with Crippen LogP contribution in [0.2, 0.25) is 0 Å². The molecular weight excluding hydrogens is 384 g/mol. The van der Waals surface area contributed by atoms with Crippen molar-refractivity contribution in [1.29, 1.82) is 0 Å². The third-order valence-electron chi connectivity index (χ3n) is 4.27. The number of nitrogens with zero attached hydrogens (tertiary/aromatic N) is 1. The normalized spacial score (nSPS) is 13.6. The lowest BCUT2D eigenvalue weighted by molar-refractivity contribution is 0.567. The van der Waals surface area contributed by atoms with E-state index in [0.717, 1.165) is 5.56 Å². The smallest absolute Gasteiger partial charge is 0.211 e. The van der Waals surface area contributed by atoms with E-state index in [9.17, 15) is 16.8 Å². The first-order valence-corrected chi connectivity index (χ1v) is 12.1. The summed E-state index contributed by atoms with van der Waals surface area (Å²) < 4.78 is 52.9. The van der Waals surface area contributed by atoms with Crippen LogP contribution >= 0.6 is 0 Å². The molecule has 6 nitrogen and oxygen atoms in total. The van der Waals surface area contributed by atoms with Crippen LogP contribution in [0.1, 0.15) is 49.5 Å². The van der Waals surface area contributed by atoms with Crippen LogP contribution in [0, 0.1) is 0 Å². The molecule has 0 fully saturated rings. The molecule has 2 rings (SSSR count). The van der Waals surface area contributed by atoms with Gasteiger partial charge in [-0.25, -0.2) is 21.6 Å². The highest BCUT2D eigenvalue weighted by Crippen LogP contribution is 2.29. The standard InChI is InChI=1S/C19H26N2O4S2/c1-4-12-26(22,23)21-14-19(17-6-5-11-20-13-17)27(24,25)18-9-7-16(8-10-18)15(2)3/h5-11,13,15,19,21H,4,12,14H2,1-3H3/t19-/m1/s1. The summed E-state index contributed by atoms with van der Waals surface area (Å²) in [6, 6.07) is 10.0. The maximum atomic E-state index is 13.2. The zero-order valence-corrected chi connectivity index (χ0v) is 17.4. The molecule has 0 saturated heterocycles. The summed E-state index contributed by atoms with van der Waals surface area (Å²) in [5.41, 5.74) is 1.49. The van der Waals surface area contributed by atoms with Crippen molar-refractivity contribution in [3.8, 4) is 0 Å². The van der Waals surface area contributed by atoms with Gasteiger partial charge in [0.15, 0.2) is 9.84 Å². The second-order valence-electron chi connectivity index (χ2n) is 6.71. The fourth-order valence-electron chi connectivity index (χ4n) is 2.72. The average Bonchev–Trinajstić information content (AvgIpc) is 2.62. The molecule has 0 spiro atoms. The summed E-state index contributed by atoms with van der Waals surface area (Å²) in [4.78, 5) is 4.15. The Morgan fingerprint density at radius 3 is 2.19 bits per heavy atom. The number of nitrogens with one attached hydrogen (secondary N) is 1. The van der Waals surface area contributed by atoms with Crippen LogP contribution in [0.15, 0.2) is 53.7 Å². The van der Waals surface area contributed by atoms with Gasteiger partial charge >= 0.3 is 0 Å². The summed E-state index contributed by atoms with van der Waals surface area (Å²) in [6.45, 7) is 5.59. The number of aromatic nitrogens is 1. The molecule has 1 atom stereocenters. The first-order valence-electron chi connectivity index (χ1n) is 8.88. The second kappa shape index (κ2) is 8.95. The van der Waals surface area contributed by atoms with E-state index in [1.807, 2.05) is 13.8 Å². The first-order chi connectivity index (χ1) is 12.7. The number of hydrogen-bond acceptors (Lipinski definition) is 5. The number of sulfone groups is 1. The van der Waals surface area contributed by atoms with E-state index in [2.05, 4.69) is 9.71 Å². The second-order valence-corrected chi connectivity index (χ2v) is 10.8. The summed E-state index contributed by atoms with van der Waals surface area (Å²) >= 11 is 0. The molecule has 0 amide bonds. The molecule has 0 aliphatic carbocycles. The number of sulfonamides is 1. The Bertz CT molecular complexity index is 939. The Morgan fingerprint density at radius 1 is 1.00 bits per heavy atom. The van der Waals surface area contributed by atoms with Crippen molar-refractivity contribution in [2.45, 2.75) is 43.3 Å². The van der Waals surface area contributed by atoms with E-state index in [1.54, 1.807) is 49.5 Å². The molecule has 1 N–H and O–H groups in total. The number of pyridine rings is 1. The molecule has 2 aromatic rings. The van der Waals surface area contributed by atoms with Crippen LogP contribution in [0.25, 0.3) is 0 Å². The minimum Gasteiger partial charge on any atom is -0.264 e. The molecular formula is C19H26N2O4S2. The Balaban J connectivity index is 2.39. The van der Waals surface area contributed by atoms with Crippen LogP contribution in [0.3, 0.4) is 0 Å². The average molecular weight is 411 g/mol. The molecule has 1 aromatic carbocycles. The predicted molar refractivity (Wildman–Crippen MR) is 107 cm³/mol. The fraction of sp³-hybridized carbons (Fsp3) is 0.421. The Labute approximate surface area is 162 Å².